The lowest BCUT2D eigenvalue weighted by Crippen LogP contribution is -2.49. The quantitative estimate of drug-likeness (QED) is 0.0606. The Morgan fingerprint density at radius 1 is 0.720 bits per heavy atom. The molecule has 8 N–H and O–H groups in total. The molecule has 0 heterocycles. The van der Waals surface area contributed by atoms with Crippen LogP contribution in [0.4, 0.5) is 0 Å². The van der Waals surface area contributed by atoms with Gasteiger partial charge in [-0.2, -0.15) is 0 Å². The van der Waals surface area contributed by atoms with Crippen molar-refractivity contribution in [2.75, 3.05) is 33.4 Å². The minimum absolute atomic E-state index is 0.0432. The lowest BCUT2D eigenvalue weighted by molar-refractivity contribution is -0.144. The van der Waals surface area contributed by atoms with Crippen LogP contribution >= 0.6 is 0 Å². The van der Waals surface area contributed by atoms with E-state index in [2.05, 4.69) is 21.3 Å². The van der Waals surface area contributed by atoms with Crippen molar-refractivity contribution in [1.82, 2.24) is 21.3 Å². The zero-order valence-electron chi connectivity index (χ0n) is 31.7. The van der Waals surface area contributed by atoms with Crippen molar-refractivity contribution in [3.05, 3.63) is 0 Å². The number of nitrogens with two attached hydrogens (primary N) is 1. The van der Waals surface area contributed by atoms with E-state index in [9.17, 15) is 33.9 Å². The number of unbranched alkanes of at least 4 members (excludes halogenated alkanes) is 1. The minimum Gasteiger partial charge on any atom is -0.481 e. The number of carbonyl (C=O) groups is 6. The van der Waals surface area contributed by atoms with Crippen molar-refractivity contribution < 1.29 is 48.5 Å². The average molecular weight is 716 g/mol. The molecule has 0 bridgehead atoms. The molecule has 0 aliphatic carbocycles. The fourth-order valence-electron chi connectivity index (χ4n) is 4.86. The molecule has 0 rings (SSSR count). The van der Waals surface area contributed by atoms with Crippen molar-refractivity contribution in [3.8, 4) is 0 Å². The van der Waals surface area contributed by atoms with Gasteiger partial charge in [0.15, 0.2) is 5.78 Å². The third-order valence-electron chi connectivity index (χ3n) is 8.35. The summed E-state index contributed by atoms with van der Waals surface area (Å²) in [5, 5.41) is 29.4. The number of ketones is 1. The minimum atomic E-state index is -1.35. The Labute approximate surface area is 297 Å². The van der Waals surface area contributed by atoms with Crippen LogP contribution in [0.5, 0.6) is 0 Å². The summed E-state index contributed by atoms with van der Waals surface area (Å²) in [4.78, 5) is 71.9. The molecular formula is C35H65N5O10. The molecule has 0 aliphatic heterocycles. The molecule has 15 nitrogen and oxygen atoms in total. The van der Waals surface area contributed by atoms with Crippen molar-refractivity contribution in [2.45, 2.75) is 143 Å². The number of nitrogens with one attached hydrogen (secondary N) is 4. The van der Waals surface area contributed by atoms with Crippen molar-refractivity contribution in [3.63, 3.8) is 0 Å². The molecule has 0 spiro atoms. The highest BCUT2D eigenvalue weighted by molar-refractivity contribution is 5.89. The first kappa shape index (κ1) is 46.9. The van der Waals surface area contributed by atoms with Crippen molar-refractivity contribution in [1.29, 1.82) is 0 Å². The first-order chi connectivity index (χ1) is 23.0. The van der Waals surface area contributed by atoms with E-state index in [0.29, 0.717) is 32.4 Å². The van der Waals surface area contributed by atoms with E-state index in [0.717, 1.165) is 19.3 Å². The summed E-state index contributed by atoms with van der Waals surface area (Å²) in [6.07, 6.45) is 3.28. The van der Waals surface area contributed by atoms with Crippen LogP contribution in [0.15, 0.2) is 0 Å². The number of carbonyl (C=O) groups excluding carboxylic acids is 4. The summed E-state index contributed by atoms with van der Waals surface area (Å²) >= 11 is 0. The molecular weight excluding hydrogens is 650 g/mol. The summed E-state index contributed by atoms with van der Waals surface area (Å²) < 4.78 is 12.0. The molecule has 0 aromatic heterocycles. The van der Waals surface area contributed by atoms with Crippen molar-refractivity contribution in [2.24, 2.45) is 17.1 Å². The van der Waals surface area contributed by atoms with Gasteiger partial charge < -0.3 is 46.7 Å². The molecule has 3 amide bonds. The highest BCUT2D eigenvalue weighted by Gasteiger charge is 2.29. The van der Waals surface area contributed by atoms with Crippen molar-refractivity contribution >= 4 is 35.4 Å². The fourth-order valence-corrected chi connectivity index (χ4v) is 4.86. The SMILES string of the molecule is CN[C@@H](CCCCNC(=O)CCC(C)(C)OCCC(C)(C)OCCNC(=O)CC[C@H](NC(=O)C(N)CC(C)C(=O)O)C(=O)O)C(=O)C(C)(C)C. The predicted octanol–water partition coefficient (Wildman–Crippen LogP) is 2.14. The van der Waals surface area contributed by atoms with Crippen LogP contribution in [-0.4, -0.2) is 108 Å². The molecule has 4 atom stereocenters. The van der Waals surface area contributed by atoms with Gasteiger partial charge in [0.25, 0.3) is 0 Å². The van der Waals surface area contributed by atoms with E-state index in [1.807, 2.05) is 48.5 Å². The van der Waals surface area contributed by atoms with Crippen LogP contribution in [0.2, 0.25) is 0 Å². The van der Waals surface area contributed by atoms with Crippen LogP contribution in [0, 0.1) is 11.3 Å². The molecule has 0 radical (unpaired) electrons. The lowest BCUT2D eigenvalue weighted by atomic mass is 9.85. The molecule has 50 heavy (non-hydrogen) atoms. The van der Waals surface area contributed by atoms with Gasteiger partial charge in [-0.05, 0) is 79.7 Å². The topological polar surface area (TPSA) is 235 Å². The van der Waals surface area contributed by atoms with E-state index in [1.54, 1.807) is 7.05 Å². The lowest BCUT2D eigenvalue weighted by Gasteiger charge is -2.30. The molecule has 0 aromatic carbocycles. The van der Waals surface area contributed by atoms with Gasteiger partial charge in [-0.25, -0.2) is 4.79 Å². The zero-order chi connectivity index (χ0) is 38.7. The third-order valence-corrected chi connectivity index (χ3v) is 8.35. The number of ether oxygens (including phenoxy) is 2. The van der Waals surface area contributed by atoms with Crippen LogP contribution < -0.4 is 27.0 Å². The van der Waals surface area contributed by atoms with Gasteiger partial charge in [0.2, 0.25) is 17.7 Å². The number of likely N-dealkylation sites (N-methyl/N-ethyl adjacent to an activating group) is 1. The molecule has 290 valence electrons. The number of hydrogen-bond donors (Lipinski definition) is 7. The molecule has 0 saturated carbocycles. The van der Waals surface area contributed by atoms with Gasteiger partial charge in [-0.3, -0.25) is 24.0 Å². The summed E-state index contributed by atoms with van der Waals surface area (Å²) in [5.74, 6) is -4.40. The van der Waals surface area contributed by atoms with Gasteiger partial charge in [0.1, 0.15) is 6.04 Å². The Balaban J connectivity index is 4.33. The number of rotatable bonds is 27. The molecule has 0 saturated heterocycles. The fraction of sp³-hybridized carbons (Fsp3) is 0.829. The molecule has 2 unspecified atom stereocenters. The highest BCUT2D eigenvalue weighted by atomic mass is 16.5. The Hall–Kier alpha value is -3.14. The number of carboxylic acid groups (broad SMARTS) is 2. The monoisotopic (exact) mass is 715 g/mol. The second-order valence-corrected chi connectivity index (χ2v) is 15.1. The standard InChI is InChI=1S/C35H65N5O10/c1-23(31(45)46)22-24(36)30(44)40-26(32(47)48)13-14-27(41)39-19-21-50-35(7,8)17-20-49-34(5,6)16-15-28(42)38-18-11-10-12-25(37-9)29(43)33(2,3)4/h23-26,37H,10-22,36H2,1-9H3,(H,38,42)(H,39,41)(H,40,44)(H,45,46)(H,47,48)/t23?,24?,25-,26-/m0/s1. The van der Waals surface area contributed by atoms with Gasteiger partial charge in [0, 0.05) is 31.3 Å². The Bertz CT molecular complexity index is 1110. The zero-order valence-corrected chi connectivity index (χ0v) is 31.7. The largest absolute Gasteiger partial charge is 0.481 e. The Kier molecular flexibility index (Phi) is 21.2. The first-order valence-corrected chi connectivity index (χ1v) is 17.6. The van der Waals surface area contributed by atoms with E-state index in [1.165, 1.54) is 6.92 Å². The number of amides is 3. The van der Waals surface area contributed by atoms with E-state index < -0.39 is 58.4 Å². The predicted molar refractivity (Wildman–Crippen MR) is 189 cm³/mol. The third kappa shape index (κ3) is 21.2. The van der Waals surface area contributed by atoms with Gasteiger partial charge in [-0.1, -0.05) is 27.7 Å². The maximum atomic E-state index is 12.5. The maximum absolute atomic E-state index is 12.5. The van der Waals surface area contributed by atoms with E-state index in [-0.39, 0.29) is 50.1 Å². The van der Waals surface area contributed by atoms with Gasteiger partial charge in [0.05, 0.1) is 42.4 Å². The Morgan fingerprint density at radius 2 is 1.28 bits per heavy atom. The van der Waals surface area contributed by atoms with Gasteiger partial charge in [-0.15, -0.1) is 0 Å². The number of aliphatic carboxylic acids is 2. The van der Waals surface area contributed by atoms with Gasteiger partial charge >= 0.3 is 11.9 Å². The normalized spacial score (nSPS) is 14.6. The molecule has 0 fully saturated rings. The summed E-state index contributed by atoms with van der Waals surface area (Å²) in [6.45, 7) is 16.2. The molecule has 0 aromatic rings. The van der Waals surface area contributed by atoms with Crippen LogP contribution in [-0.2, 0) is 38.2 Å². The number of carboxylic acids is 2. The maximum Gasteiger partial charge on any atom is 0.326 e. The smallest absolute Gasteiger partial charge is 0.326 e. The summed E-state index contributed by atoms with van der Waals surface area (Å²) in [7, 11) is 1.80. The van der Waals surface area contributed by atoms with Crippen LogP contribution in [0.1, 0.15) is 113 Å². The van der Waals surface area contributed by atoms with E-state index in [4.69, 9.17) is 20.3 Å². The second-order valence-electron chi connectivity index (χ2n) is 15.1. The average Bonchev–Trinajstić information content (AvgIpc) is 3.00. The Morgan fingerprint density at radius 3 is 1.84 bits per heavy atom. The second kappa shape index (κ2) is 22.6. The van der Waals surface area contributed by atoms with E-state index >= 15 is 0 Å². The van der Waals surface area contributed by atoms with Crippen LogP contribution in [0.25, 0.3) is 0 Å². The number of hydrogen-bond acceptors (Lipinski definition) is 10. The number of Topliss-reactive ketones (excluding diaryl/α,β-unsaturated/α-hetero) is 1. The highest BCUT2D eigenvalue weighted by Crippen LogP contribution is 2.21. The first-order valence-electron chi connectivity index (χ1n) is 17.6. The summed E-state index contributed by atoms with van der Waals surface area (Å²) in [6, 6.07) is -2.74. The molecule has 0 aliphatic rings. The summed E-state index contributed by atoms with van der Waals surface area (Å²) in [5.41, 5.74) is 4.23. The van der Waals surface area contributed by atoms with Crippen LogP contribution in [0.3, 0.4) is 0 Å². The molecule has 15 heteroatoms.